The maximum atomic E-state index is 11.8. The smallest absolute Gasteiger partial charge is 0.251 e. The average molecular weight is 250 g/mol. The van der Waals surface area contributed by atoms with Gasteiger partial charge in [0.2, 0.25) is 5.91 Å². The topological polar surface area (TPSA) is 96.2 Å². The van der Waals surface area contributed by atoms with Crippen LogP contribution in [0.4, 0.5) is 5.69 Å². The first-order chi connectivity index (χ1) is 8.58. The van der Waals surface area contributed by atoms with Crippen molar-refractivity contribution in [1.29, 1.82) is 0 Å². The van der Waals surface area contributed by atoms with E-state index in [2.05, 4.69) is 16.1 Å². The summed E-state index contributed by atoms with van der Waals surface area (Å²) in [4.78, 5) is 22.8. The van der Waals surface area contributed by atoms with Gasteiger partial charge in [0, 0.05) is 25.6 Å². The molecule has 0 heterocycles. The predicted octanol–water partition coefficient (Wildman–Crippen LogP) is 0.147. The second-order valence-corrected chi connectivity index (χ2v) is 3.85. The van der Waals surface area contributed by atoms with Gasteiger partial charge in [0.15, 0.2) is 0 Å². The highest BCUT2D eigenvalue weighted by Gasteiger charge is 2.07. The lowest BCUT2D eigenvalue weighted by Crippen LogP contribution is -2.29. The molecule has 0 saturated heterocycles. The van der Waals surface area contributed by atoms with E-state index in [0.29, 0.717) is 12.1 Å². The molecule has 1 aromatic rings. The highest BCUT2D eigenvalue weighted by Crippen LogP contribution is 2.14. The zero-order chi connectivity index (χ0) is 13.5. The first kappa shape index (κ1) is 14.0. The van der Waals surface area contributed by atoms with Crippen LogP contribution in [0.2, 0.25) is 0 Å². The van der Waals surface area contributed by atoms with Crippen LogP contribution in [-0.2, 0) is 4.79 Å². The number of nitrogens with two attached hydrogens (primary N) is 1. The number of hydrogen-bond acceptors (Lipinski definition) is 4. The molecule has 6 heteroatoms. The fourth-order valence-electron chi connectivity index (χ4n) is 1.48. The molecule has 5 N–H and O–H groups in total. The number of nitrogen functional groups attached to an aromatic ring is 1. The SMILES string of the molecule is CNC(=O)CCNC(=O)c1ccc(NN)c(C)c1. The van der Waals surface area contributed by atoms with E-state index in [9.17, 15) is 9.59 Å². The summed E-state index contributed by atoms with van der Waals surface area (Å²) in [6.07, 6.45) is 0.268. The van der Waals surface area contributed by atoms with Crippen molar-refractivity contribution in [3.05, 3.63) is 29.3 Å². The Bertz CT molecular complexity index is 446. The largest absolute Gasteiger partial charge is 0.359 e. The number of carbonyl (C=O) groups is 2. The van der Waals surface area contributed by atoms with Crippen molar-refractivity contribution in [2.75, 3.05) is 19.0 Å². The first-order valence-electron chi connectivity index (χ1n) is 5.64. The molecule has 18 heavy (non-hydrogen) atoms. The van der Waals surface area contributed by atoms with Gasteiger partial charge in [-0.15, -0.1) is 0 Å². The van der Waals surface area contributed by atoms with Crippen LogP contribution in [0.25, 0.3) is 0 Å². The Morgan fingerprint density at radius 2 is 2.06 bits per heavy atom. The van der Waals surface area contributed by atoms with Crippen molar-refractivity contribution >= 4 is 17.5 Å². The van der Waals surface area contributed by atoms with E-state index in [4.69, 9.17) is 5.84 Å². The van der Waals surface area contributed by atoms with Gasteiger partial charge in [0.1, 0.15) is 0 Å². The third-order valence-corrected chi connectivity index (χ3v) is 2.56. The summed E-state index contributed by atoms with van der Waals surface area (Å²) in [5, 5.41) is 5.17. The molecule has 0 radical (unpaired) electrons. The van der Waals surface area contributed by atoms with Crippen LogP contribution in [0.1, 0.15) is 22.3 Å². The third-order valence-electron chi connectivity index (χ3n) is 2.56. The third kappa shape index (κ3) is 3.74. The Morgan fingerprint density at radius 1 is 1.33 bits per heavy atom. The number of rotatable bonds is 5. The summed E-state index contributed by atoms with van der Waals surface area (Å²) >= 11 is 0. The highest BCUT2D eigenvalue weighted by atomic mass is 16.2. The van der Waals surface area contributed by atoms with Gasteiger partial charge in [-0.2, -0.15) is 0 Å². The molecule has 98 valence electrons. The quantitative estimate of drug-likeness (QED) is 0.441. The summed E-state index contributed by atoms with van der Waals surface area (Å²) in [6, 6.07) is 5.16. The van der Waals surface area contributed by atoms with Crippen LogP contribution in [0.3, 0.4) is 0 Å². The maximum Gasteiger partial charge on any atom is 0.251 e. The Labute approximate surface area is 106 Å². The van der Waals surface area contributed by atoms with Crippen LogP contribution in [0.5, 0.6) is 0 Å². The predicted molar refractivity (Wildman–Crippen MR) is 70.0 cm³/mol. The molecular formula is C12H18N4O2. The van der Waals surface area contributed by atoms with E-state index in [1.165, 1.54) is 0 Å². The number of carbonyl (C=O) groups excluding carboxylic acids is 2. The van der Waals surface area contributed by atoms with Gasteiger partial charge in [-0.3, -0.25) is 15.4 Å². The number of benzene rings is 1. The summed E-state index contributed by atoms with van der Waals surface area (Å²) in [5.41, 5.74) is 4.75. The van der Waals surface area contributed by atoms with E-state index < -0.39 is 0 Å². The molecule has 0 spiro atoms. The second kappa shape index (κ2) is 6.61. The molecule has 0 fully saturated rings. The molecule has 0 bridgehead atoms. The summed E-state index contributed by atoms with van der Waals surface area (Å²) < 4.78 is 0. The summed E-state index contributed by atoms with van der Waals surface area (Å²) in [7, 11) is 1.56. The van der Waals surface area contributed by atoms with Gasteiger partial charge in [-0.25, -0.2) is 0 Å². The normalized spacial score (nSPS) is 9.72. The van der Waals surface area contributed by atoms with Crippen LogP contribution in [-0.4, -0.2) is 25.4 Å². The van der Waals surface area contributed by atoms with Gasteiger partial charge in [0.25, 0.3) is 5.91 Å². The van der Waals surface area contributed by atoms with Gasteiger partial charge in [0.05, 0.1) is 5.69 Å². The summed E-state index contributed by atoms with van der Waals surface area (Å²) in [6.45, 7) is 2.17. The van der Waals surface area contributed by atoms with E-state index in [0.717, 1.165) is 11.3 Å². The fourth-order valence-corrected chi connectivity index (χ4v) is 1.48. The molecule has 2 amide bonds. The lowest BCUT2D eigenvalue weighted by Gasteiger charge is -2.08. The molecule has 0 saturated carbocycles. The first-order valence-corrected chi connectivity index (χ1v) is 5.64. The average Bonchev–Trinajstić information content (AvgIpc) is 2.38. The number of amides is 2. The van der Waals surface area contributed by atoms with Crippen LogP contribution < -0.4 is 21.9 Å². The molecule has 1 aromatic carbocycles. The fraction of sp³-hybridized carbons (Fsp3) is 0.333. The number of aryl methyl sites for hydroxylation is 1. The van der Waals surface area contributed by atoms with Crippen LogP contribution >= 0.6 is 0 Å². The molecule has 0 aromatic heterocycles. The molecule has 0 atom stereocenters. The lowest BCUT2D eigenvalue weighted by atomic mass is 10.1. The Hall–Kier alpha value is -2.08. The van der Waals surface area contributed by atoms with Gasteiger partial charge < -0.3 is 16.1 Å². The molecule has 6 nitrogen and oxygen atoms in total. The van der Waals surface area contributed by atoms with Crippen molar-refractivity contribution in [2.45, 2.75) is 13.3 Å². The maximum absolute atomic E-state index is 11.8. The molecule has 0 aliphatic carbocycles. The monoisotopic (exact) mass is 250 g/mol. The zero-order valence-corrected chi connectivity index (χ0v) is 10.5. The van der Waals surface area contributed by atoms with Crippen molar-refractivity contribution in [1.82, 2.24) is 10.6 Å². The van der Waals surface area contributed by atoms with E-state index in [-0.39, 0.29) is 18.2 Å². The molecule has 0 aliphatic rings. The molecular weight excluding hydrogens is 232 g/mol. The Morgan fingerprint density at radius 3 is 2.61 bits per heavy atom. The number of nitrogens with one attached hydrogen (secondary N) is 3. The van der Waals surface area contributed by atoms with Gasteiger partial charge in [-0.1, -0.05) is 0 Å². The number of hydrogen-bond donors (Lipinski definition) is 4. The van der Waals surface area contributed by atoms with E-state index >= 15 is 0 Å². The summed E-state index contributed by atoms with van der Waals surface area (Å²) in [5.74, 6) is 5.00. The Kier molecular flexibility index (Phi) is 5.13. The van der Waals surface area contributed by atoms with Gasteiger partial charge in [-0.05, 0) is 30.7 Å². The van der Waals surface area contributed by atoms with Crippen LogP contribution in [0, 0.1) is 6.92 Å². The molecule has 0 aliphatic heterocycles. The molecule has 1 rings (SSSR count). The van der Waals surface area contributed by atoms with Gasteiger partial charge >= 0.3 is 0 Å². The number of anilines is 1. The van der Waals surface area contributed by atoms with E-state index in [1.54, 1.807) is 25.2 Å². The van der Waals surface area contributed by atoms with Crippen molar-refractivity contribution < 1.29 is 9.59 Å². The van der Waals surface area contributed by atoms with Crippen molar-refractivity contribution in [2.24, 2.45) is 5.84 Å². The van der Waals surface area contributed by atoms with Crippen molar-refractivity contribution in [3.8, 4) is 0 Å². The highest BCUT2D eigenvalue weighted by molar-refractivity contribution is 5.95. The van der Waals surface area contributed by atoms with E-state index in [1.807, 2.05) is 6.92 Å². The minimum atomic E-state index is -0.203. The number of hydrazine groups is 1. The molecule has 0 unspecified atom stereocenters. The minimum absolute atomic E-state index is 0.103. The van der Waals surface area contributed by atoms with Crippen molar-refractivity contribution in [3.63, 3.8) is 0 Å². The standard InChI is InChI=1S/C12H18N4O2/c1-8-7-9(3-4-10(8)16-13)12(18)15-6-5-11(17)14-2/h3-4,7,16H,5-6,13H2,1-2H3,(H,14,17)(H,15,18). The lowest BCUT2D eigenvalue weighted by molar-refractivity contribution is -0.120. The second-order valence-electron chi connectivity index (χ2n) is 3.85. The Balaban J connectivity index is 2.56. The van der Waals surface area contributed by atoms with Crippen LogP contribution in [0.15, 0.2) is 18.2 Å². The minimum Gasteiger partial charge on any atom is -0.359 e. The zero-order valence-electron chi connectivity index (χ0n) is 10.5.